The molecule has 6 nitrogen and oxygen atoms in total. The summed E-state index contributed by atoms with van der Waals surface area (Å²) in [5.41, 5.74) is 2.43. The molecule has 34 heavy (non-hydrogen) atoms. The summed E-state index contributed by atoms with van der Waals surface area (Å²) in [7, 11) is -3.63. The van der Waals surface area contributed by atoms with E-state index >= 15 is 0 Å². The normalized spacial score (nSPS) is 19.7. The second kappa shape index (κ2) is 9.49. The molecule has 0 spiro atoms. The van der Waals surface area contributed by atoms with Gasteiger partial charge in [-0.25, -0.2) is 8.42 Å². The summed E-state index contributed by atoms with van der Waals surface area (Å²) in [5, 5.41) is 2.34. The van der Waals surface area contributed by atoms with E-state index in [2.05, 4.69) is 11.1 Å². The number of hydrogen-bond acceptors (Lipinski definition) is 4. The zero-order valence-electron chi connectivity index (χ0n) is 18.7. The van der Waals surface area contributed by atoms with Crippen LogP contribution in [0.4, 0.5) is 0 Å². The topological polar surface area (TPSA) is 70.6 Å². The Morgan fingerprint density at radius 1 is 0.941 bits per heavy atom. The van der Waals surface area contributed by atoms with E-state index in [1.165, 1.54) is 9.88 Å². The van der Waals surface area contributed by atoms with Crippen molar-refractivity contribution in [1.82, 2.24) is 14.2 Å². The molecule has 1 saturated heterocycles. The van der Waals surface area contributed by atoms with Crippen molar-refractivity contribution < 1.29 is 13.2 Å². The van der Waals surface area contributed by atoms with Gasteiger partial charge in [0.2, 0.25) is 15.9 Å². The third kappa shape index (κ3) is 4.60. The lowest BCUT2D eigenvalue weighted by atomic mass is 9.86. The summed E-state index contributed by atoms with van der Waals surface area (Å²) >= 11 is 6.04. The molecule has 0 N–H and O–H groups in total. The van der Waals surface area contributed by atoms with E-state index < -0.39 is 10.0 Å². The third-order valence-corrected chi connectivity index (χ3v) is 8.90. The van der Waals surface area contributed by atoms with Gasteiger partial charge in [-0.05, 0) is 77.6 Å². The monoisotopic (exact) mass is 495 g/mol. The van der Waals surface area contributed by atoms with Crippen LogP contribution in [0.5, 0.6) is 0 Å². The van der Waals surface area contributed by atoms with Gasteiger partial charge in [-0.1, -0.05) is 29.8 Å². The first-order valence-corrected chi connectivity index (χ1v) is 13.3. The second-order valence-electron chi connectivity index (χ2n) is 8.82. The van der Waals surface area contributed by atoms with Gasteiger partial charge in [-0.3, -0.25) is 9.78 Å². The van der Waals surface area contributed by atoms with Gasteiger partial charge in [0.25, 0.3) is 0 Å². The first kappa shape index (κ1) is 23.0. The predicted octanol–water partition coefficient (Wildman–Crippen LogP) is 4.60. The van der Waals surface area contributed by atoms with Crippen molar-refractivity contribution in [2.75, 3.05) is 26.2 Å². The maximum absolute atomic E-state index is 13.2. The summed E-state index contributed by atoms with van der Waals surface area (Å²) < 4.78 is 27.9. The van der Waals surface area contributed by atoms with Gasteiger partial charge in [-0.2, -0.15) is 4.31 Å². The highest BCUT2D eigenvalue weighted by Crippen LogP contribution is 2.31. The molecule has 0 radical (unpaired) electrons. The molecule has 0 saturated carbocycles. The first-order chi connectivity index (χ1) is 16.4. The molecule has 2 heterocycles. The van der Waals surface area contributed by atoms with Crippen molar-refractivity contribution in [3.63, 3.8) is 0 Å². The van der Waals surface area contributed by atoms with Gasteiger partial charge >= 0.3 is 0 Å². The van der Waals surface area contributed by atoms with Crippen LogP contribution in [0.1, 0.15) is 24.8 Å². The summed E-state index contributed by atoms with van der Waals surface area (Å²) in [6.07, 6.45) is 8.13. The molecular weight excluding hydrogens is 470 g/mol. The van der Waals surface area contributed by atoms with E-state index in [0.29, 0.717) is 31.2 Å². The van der Waals surface area contributed by atoms with E-state index in [1.54, 1.807) is 36.7 Å². The highest BCUT2D eigenvalue weighted by Gasteiger charge is 2.33. The van der Waals surface area contributed by atoms with Gasteiger partial charge < -0.3 is 4.90 Å². The molecule has 3 aromatic rings. The number of carbonyl (C=O) groups is 1. The van der Waals surface area contributed by atoms with Crippen LogP contribution in [-0.4, -0.2) is 54.7 Å². The number of carbonyl (C=O) groups excluding carboxylic acids is 1. The SMILES string of the molecule is O=C(C1CC=C(c2ccncc2)CC1)N1CCN(S(=O)(=O)c2ccc3cc(Cl)ccc3c2)CC1. The standard InChI is InChI=1S/C26H26ClN3O3S/c27-24-7-5-23-18-25(8-6-22(23)17-24)34(32,33)30-15-13-29(14-16-30)26(31)21-3-1-19(2-4-21)20-9-11-28-12-10-20/h1,5-12,17-18,21H,2-4,13-16H2. The van der Waals surface area contributed by atoms with Crippen molar-refractivity contribution in [3.8, 4) is 0 Å². The summed E-state index contributed by atoms with van der Waals surface area (Å²) in [4.78, 5) is 19.3. The Bertz CT molecular complexity index is 1350. The highest BCUT2D eigenvalue weighted by molar-refractivity contribution is 7.89. The number of pyridine rings is 1. The molecule has 2 aromatic carbocycles. The van der Waals surface area contributed by atoms with Gasteiger partial charge in [0, 0.05) is 49.5 Å². The maximum atomic E-state index is 13.2. The molecule has 1 unspecified atom stereocenters. The average Bonchev–Trinajstić information content (AvgIpc) is 2.88. The van der Waals surface area contributed by atoms with E-state index in [1.807, 2.05) is 29.2 Å². The maximum Gasteiger partial charge on any atom is 0.243 e. The van der Waals surface area contributed by atoms with E-state index in [4.69, 9.17) is 11.6 Å². The first-order valence-electron chi connectivity index (χ1n) is 11.5. The van der Waals surface area contributed by atoms with Crippen molar-refractivity contribution in [1.29, 1.82) is 0 Å². The summed E-state index contributed by atoms with van der Waals surface area (Å²) in [6.45, 7) is 1.44. The van der Waals surface area contributed by atoms with E-state index in [9.17, 15) is 13.2 Å². The number of piperazine rings is 1. The second-order valence-corrected chi connectivity index (χ2v) is 11.2. The minimum Gasteiger partial charge on any atom is -0.340 e. The fraction of sp³-hybridized carbons (Fsp3) is 0.308. The zero-order valence-corrected chi connectivity index (χ0v) is 20.3. The Kier molecular flexibility index (Phi) is 6.42. The van der Waals surface area contributed by atoms with Crippen LogP contribution in [-0.2, 0) is 14.8 Å². The lowest BCUT2D eigenvalue weighted by Gasteiger charge is -2.36. The van der Waals surface area contributed by atoms with Gasteiger partial charge in [0.15, 0.2) is 0 Å². The number of hydrogen-bond donors (Lipinski definition) is 0. The summed E-state index contributed by atoms with van der Waals surface area (Å²) in [5.74, 6) is 0.0886. The third-order valence-electron chi connectivity index (χ3n) is 6.77. The predicted molar refractivity (Wildman–Crippen MR) is 134 cm³/mol. The van der Waals surface area contributed by atoms with Crippen LogP contribution in [0.15, 0.2) is 71.9 Å². The van der Waals surface area contributed by atoms with Crippen LogP contribution in [0, 0.1) is 5.92 Å². The van der Waals surface area contributed by atoms with E-state index in [-0.39, 0.29) is 16.7 Å². The molecule has 1 atom stereocenters. The Hall–Kier alpha value is -2.74. The van der Waals surface area contributed by atoms with Crippen LogP contribution in [0.25, 0.3) is 16.3 Å². The molecule has 1 amide bonds. The number of allylic oxidation sites excluding steroid dienone is 2. The fourth-order valence-corrected chi connectivity index (χ4v) is 6.44. The molecule has 1 fully saturated rings. The quantitative estimate of drug-likeness (QED) is 0.530. The molecule has 5 rings (SSSR count). The molecule has 0 bridgehead atoms. The molecule has 176 valence electrons. The lowest BCUT2D eigenvalue weighted by Crippen LogP contribution is -2.51. The minimum atomic E-state index is -3.63. The van der Waals surface area contributed by atoms with Crippen LogP contribution >= 0.6 is 11.6 Å². The number of halogens is 1. The molecule has 1 aliphatic heterocycles. The number of sulfonamides is 1. The van der Waals surface area contributed by atoms with Crippen molar-refractivity contribution >= 4 is 43.9 Å². The molecule has 1 aliphatic carbocycles. The Morgan fingerprint density at radius 2 is 1.65 bits per heavy atom. The van der Waals surface area contributed by atoms with Crippen LogP contribution in [0.2, 0.25) is 5.02 Å². The largest absolute Gasteiger partial charge is 0.340 e. The minimum absolute atomic E-state index is 0.0407. The van der Waals surface area contributed by atoms with Gasteiger partial charge in [0.05, 0.1) is 4.90 Å². The Balaban J connectivity index is 1.22. The van der Waals surface area contributed by atoms with Gasteiger partial charge in [0.1, 0.15) is 0 Å². The number of aromatic nitrogens is 1. The van der Waals surface area contributed by atoms with Crippen LogP contribution < -0.4 is 0 Å². The van der Waals surface area contributed by atoms with E-state index in [0.717, 1.165) is 35.6 Å². The number of fused-ring (bicyclic) bond motifs is 1. The number of benzene rings is 2. The fourth-order valence-electron chi connectivity index (χ4n) is 4.80. The number of nitrogens with zero attached hydrogens (tertiary/aromatic N) is 3. The number of rotatable bonds is 4. The van der Waals surface area contributed by atoms with Gasteiger partial charge in [-0.15, -0.1) is 0 Å². The highest BCUT2D eigenvalue weighted by atomic mass is 35.5. The molecule has 2 aliphatic rings. The molecular formula is C26H26ClN3O3S. The number of amides is 1. The molecule has 8 heteroatoms. The van der Waals surface area contributed by atoms with Crippen LogP contribution in [0.3, 0.4) is 0 Å². The average molecular weight is 496 g/mol. The van der Waals surface area contributed by atoms with Crippen molar-refractivity contribution in [2.45, 2.75) is 24.2 Å². The van der Waals surface area contributed by atoms with Crippen molar-refractivity contribution in [3.05, 3.63) is 77.6 Å². The molecule has 1 aromatic heterocycles. The zero-order chi connectivity index (χ0) is 23.7. The smallest absolute Gasteiger partial charge is 0.243 e. The van der Waals surface area contributed by atoms with Crippen molar-refractivity contribution in [2.24, 2.45) is 5.92 Å². The Morgan fingerprint density at radius 3 is 2.35 bits per heavy atom. The lowest BCUT2D eigenvalue weighted by molar-refractivity contribution is -0.136. The summed E-state index contributed by atoms with van der Waals surface area (Å²) in [6, 6.07) is 14.5. The Labute approximate surface area is 204 Å².